The third kappa shape index (κ3) is 3.02. The third-order valence-corrected chi connectivity index (χ3v) is 2.07. The SMILES string of the molecule is CC(=O)NCC(=O)N1CC[C@H](N)C1. The zero-order valence-electron chi connectivity index (χ0n) is 7.75. The fourth-order valence-electron chi connectivity index (χ4n) is 1.33. The van der Waals surface area contributed by atoms with Gasteiger partial charge < -0.3 is 16.0 Å². The van der Waals surface area contributed by atoms with E-state index in [0.29, 0.717) is 13.1 Å². The van der Waals surface area contributed by atoms with Crippen molar-refractivity contribution in [3.05, 3.63) is 0 Å². The molecular formula is C8H15N3O2. The predicted molar refractivity (Wildman–Crippen MR) is 47.9 cm³/mol. The van der Waals surface area contributed by atoms with Crippen LogP contribution in [0.3, 0.4) is 0 Å². The highest BCUT2D eigenvalue weighted by atomic mass is 16.2. The number of nitrogens with two attached hydrogens (primary N) is 1. The number of amides is 2. The Morgan fingerprint density at radius 3 is 2.77 bits per heavy atom. The highest BCUT2D eigenvalue weighted by molar-refractivity contribution is 5.83. The van der Waals surface area contributed by atoms with Gasteiger partial charge in [0.25, 0.3) is 0 Å². The second-order valence-electron chi connectivity index (χ2n) is 3.30. The molecule has 5 nitrogen and oxygen atoms in total. The van der Waals surface area contributed by atoms with Crippen LogP contribution in [0, 0.1) is 0 Å². The molecule has 0 aromatic carbocycles. The molecule has 0 unspecified atom stereocenters. The maximum Gasteiger partial charge on any atom is 0.242 e. The average Bonchev–Trinajstić information content (AvgIpc) is 2.47. The van der Waals surface area contributed by atoms with Crippen LogP contribution in [-0.4, -0.2) is 42.4 Å². The molecule has 1 saturated heterocycles. The van der Waals surface area contributed by atoms with Gasteiger partial charge in [0.15, 0.2) is 0 Å². The zero-order valence-corrected chi connectivity index (χ0v) is 7.75. The first kappa shape index (κ1) is 9.98. The van der Waals surface area contributed by atoms with Crippen LogP contribution >= 0.6 is 0 Å². The van der Waals surface area contributed by atoms with E-state index in [-0.39, 0.29) is 24.4 Å². The maximum atomic E-state index is 11.4. The number of carbonyl (C=O) groups is 2. The second-order valence-corrected chi connectivity index (χ2v) is 3.30. The van der Waals surface area contributed by atoms with Gasteiger partial charge in [0.05, 0.1) is 6.54 Å². The highest BCUT2D eigenvalue weighted by Gasteiger charge is 2.22. The minimum absolute atomic E-state index is 0.0526. The molecule has 1 aliphatic rings. The van der Waals surface area contributed by atoms with Crippen LogP contribution in [0.2, 0.25) is 0 Å². The van der Waals surface area contributed by atoms with Gasteiger partial charge >= 0.3 is 0 Å². The molecule has 2 amide bonds. The molecule has 0 saturated carbocycles. The van der Waals surface area contributed by atoms with Crippen molar-refractivity contribution in [2.45, 2.75) is 19.4 Å². The fraction of sp³-hybridized carbons (Fsp3) is 0.750. The summed E-state index contributed by atoms with van der Waals surface area (Å²) in [5, 5.41) is 2.47. The van der Waals surface area contributed by atoms with E-state index >= 15 is 0 Å². The first-order valence-corrected chi connectivity index (χ1v) is 4.37. The first-order chi connectivity index (χ1) is 6.09. The number of likely N-dealkylation sites (tertiary alicyclic amines) is 1. The smallest absolute Gasteiger partial charge is 0.242 e. The summed E-state index contributed by atoms with van der Waals surface area (Å²) in [7, 11) is 0. The van der Waals surface area contributed by atoms with E-state index in [2.05, 4.69) is 5.32 Å². The van der Waals surface area contributed by atoms with Gasteiger partial charge in [-0.05, 0) is 6.42 Å². The summed E-state index contributed by atoms with van der Waals surface area (Å²) in [6.07, 6.45) is 0.853. The highest BCUT2D eigenvalue weighted by Crippen LogP contribution is 2.06. The average molecular weight is 185 g/mol. The van der Waals surface area contributed by atoms with Crippen molar-refractivity contribution in [3.8, 4) is 0 Å². The molecule has 0 aromatic heterocycles. The lowest BCUT2D eigenvalue weighted by Gasteiger charge is -2.15. The van der Waals surface area contributed by atoms with Crippen molar-refractivity contribution >= 4 is 11.8 Å². The zero-order chi connectivity index (χ0) is 9.84. The van der Waals surface area contributed by atoms with Crippen LogP contribution in [0.4, 0.5) is 0 Å². The molecule has 1 atom stereocenters. The number of hydrogen-bond donors (Lipinski definition) is 2. The van der Waals surface area contributed by atoms with Crippen LogP contribution < -0.4 is 11.1 Å². The minimum atomic E-state index is -0.183. The molecule has 5 heteroatoms. The molecule has 1 fully saturated rings. The Kier molecular flexibility index (Phi) is 3.25. The summed E-state index contributed by atoms with van der Waals surface area (Å²) in [5.41, 5.74) is 5.64. The molecule has 3 N–H and O–H groups in total. The van der Waals surface area contributed by atoms with Gasteiger partial charge in [0, 0.05) is 26.1 Å². The maximum absolute atomic E-state index is 11.4. The van der Waals surface area contributed by atoms with Crippen molar-refractivity contribution in [1.29, 1.82) is 0 Å². The van der Waals surface area contributed by atoms with Gasteiger partial charge in [-0.25, -0.2) is 0 Å². The molecule has 0 radical (unpaired) electrons. The molecule has 0 aliphatic carbocycles. The van der Waals surface area contributed by atoms with Gasteiger partial charge in [-0.15, -0.1) is 0 Å². The van der Waals surface area contributed by atoms with Crippen molar-refractivity contribution in [2.24, 2.45) is 5.73 Å². The van der Waals surface area contributed by atoms with Gasteiger partial charge in [0.2, 0.25) is 11.8 Å². The topological polar surface area (TPSA) is 75.4 Å². The molecular weight excluding hydrogens is 170 g/mol. The van der Waals surface area contributed by atoms with E-state index in [1.54, 1.807) is 4.90 Å². The Balaban J connectivity index is 2.27. The Hall–Kier alpha value is -1.10. The van der Waals surface area contributed by atoms with Crippen LogP contribution in [-0.2, 0) is 9.59 Å². The Morgan fingerprint density at radius 2 is 2.31 bits per heavy atom. The van der Waals surface area contributed by atoms with Crippen LogP contribution in [0.5, 0.6) is 0 Å². The third-order valence-electron chi connectivity index (χ3n) is 2.07. The van der Waals surface area contributed by atoms with Crippen molar-refractivity contribution in [1.82, 2.24) is 10.2 Å². The summed E-state index contributed by atoms with van der Waals surface area (Å²) in [5.74, 6) is -0.236. The number of rotatable bonds is 2. The van der Waals surface area contributed by atoms with Gasteiger partial charge in [-0.3, -0.25) is 9.59 Å². The summed E-state index contributed by atoms with van der Waals surface area (Å²) >= 11 is 0. The minimum Gasteiger partial charge on any atom is -0.347 e. The summed E-state index contributed by atoms with van der Waals surface area (Å²) in [6, 6.07) is 0.0984. The largest absolute Gasteiger partial charge is 0.347 e. The number of hydrogen-bond acceptors (Lipinski definition) is 3. The van der Waals surface area contributed by atoms with Crippen LogP contribution in [0.1, 0.15) is 13.3 Å². The summed E-state index contributed by atoms with van der Waals surface area (Å²) in [6.45, 7) is 2.79. The van der Waals surface area contributed by atoms with E-state index in [9.17, 15) is 9.59 Å². The predicted octanol–water partition coefficient (Wildman–Crippen LogP) is -1.32. The van der Waals surface area contributed by atoms with Crippen molar-refractivity contribution in [3.63, 3.8) is 0 Å². The molecule has 0 spiro atoms. The van der Waals surface area contributed by atoms with E-state index in [0.717, 1.165) is 6.42 Å². The van der Waals surface area contributed by atoms with Gasteiger partial charge in [-0.1, -0.05) is 0 Å². The van der Waals surface area contributed by atoms with E-state index in [1.165, 1.54) is 6.92 Å². The van der Waals surface area contributed by atoms with Crippen LogP contribution in [0.15, 0.2) is 0 Å². The molecule has 74 valence electrons. The normalized spacial score (nSPS) is 21.7. The molecule has 1 heterocycles. The molecule has 1 aliphatic heterocycles. The van der Waals surface area contributed by atoms with Gasteiger partial charge in [-0.2, -0.15) is 0 Å². The van der Waals surface area contributed by atoms with Gasteiger partial charge in [0.1, 0.15) is 0 Å². The fourth-order valence-corrected chi connectivity index (χ4v) is 1.33. The Labute approximate surface area is 77.3 Å². The molecule has 13 heavy (non-hydrogen) atoms. The number of nitrogens with one attached hydrogen (secondary N) is 1. The number of nitrogens with zero attached hydrogens (tertiary/aromatic N) is 1. The Morgan fingerprint density at radius 1 is 1.62 bits per heavy atom. The molecule has 0 bridgehead atoms. The van der Waals surface area contributed by atoms with Crippen molar-refractivity contribution in [2.75, 3.05) is 19.6 Å². The summed E-state index contributed by atoms with van der Waals surface area (Å²) in [4.78, 5) is 23.6. The van der Waals surface area contributed by atoms with E-state index in [4.69, 9.17) is 5.73 Å². The second kappa shape index (κ2) is 4.23. The molecule has 0 aromatic rings. The lowest BCUT2D eigenvalue weighted by atomic mass is 10.3. The quantitative estimate of drug-likeness (QED) is 0.560. The monoisotopic (exact) mass is 185 g/mol. The lowest BCUT2D eigenvalue weighted by molar-refractivity contribution is -0.131. The first-order valence-electron chi connectivity index (χ1n) is 4.37. The Bertz CT molecular complexity index is 217. The molecule has 1 rings (SSSR count). The van der Waals surface area contributed by atoms with Crippen molar-refractivity contribution < 1.29 is 9.59 Å². The number of carbonyl (C=O) groups excluding carboxylic acids is 2. The van der Waals surface area contributed by atoms with E-state index < -0.39 is 0 Å². The summed E-state index contributed by atoms with van der Waals surface area (Å²) < 4.78 is 0. The van der Waals surface area contributed by atoms with Crippen LogP contribution in [0.25, 0.3) is 0 Å². The lowest BCUT2D eigenvalue weighted by Crippen LogP contribution is -2.39. The van der Waals surface area contributed by atoms with E-state index in [1.807, 2.05) is 0 Å². The standard InChI is InChI=1S/C8H15N3O2/c1-6(12)10-4-8(13)11-3-2-7(9)5-11/h7H,2-5,9H2,1H3,(H,10,12)/t7-/m0/s1.